The van der Waals surface area contributed by atoms with Crippen molar-refractivity contribution < 1.29 is 14.8 Å². The van der Waals surface area contributed by atoms with Crippen LogP contribution in [0.25, 0.3) is 11.0 Å². The Bertz CT molecular complexity index is 753. The van der Waals surface area contributed by atoms with Gasteiger partial charge in [-0.1, -0.05) is 24.3 Å². The molecule has 106 valence electrons. The first-order valence-electron chi connectivity index (χ1n) is 6.61. The van der Waals surface area contributed by atoms with Gasteiger partial charge in [-0.2, -0.15) is 0 Å². The lowest BCUT2D eigenvalue weighted by molar-refractivity contribution is 0.415. The van der Waals surface area contributed by atoms with Crippen molar-refractivity contribution in [1.29, 1.82) is 0 Å². The van der Waals surface area contributed by atoms with Crippen molar-refractivity contribution in [2.75, 3.05) is 7.11 Å². The van der Waals surface area contributed by atoms with Crippen molar-refractivity contribution in [3.8, 4) is 5.75 Å². The first-order valence-corrected chi connectivity index (χ1v) is 6.61. The normalized spacial score (nSPS) is 10.8. The van der Waals surface area contributed by atoms with E-state index in [0.717, 1.165) is 22.3 Å². The smallest absolute Gasteiger partial charge is 0.488 e. The summed E-state index contributed by atoms with van der Waals surface area (Å²) in [6.45, 7) is 0.658. The minimum Gasteiger partial charge on any atom is -0.497 e. The summed E-state index contributed by atoms with van der Waals surface area (Å²) in [6.07, 6.45) is 1.79. The number of hydrogen-bond acceptors (Lipinski definition) is 4. The molecule has 3 rings (SSSR count). The van der Waals surface area contributed by atoms with Crippen molar-refractivity contribution in [3.63, 3.8) is 0 Å². The van der Waals surface area contributed by atoms with Gasteiger partial charge in [0.15, 0.2) is 0 Å². The minimum atomic E-state index is -1.43. The first kappa shape index (κ1) is 13.7. The summed E-state index contributed by atoms with van der Waals surface area (Å²) >= 11 is 0. The lowest BCUT2D eigenvalue weighted by Crippen LogP contribution is -2.29. The van der Waals surface area contributed by atoms with E-state index in [1.165, 1.54) is 0 Å². The molecule has 0 spiro atoms. The van der Waals surface area contributed by atoms with Crippen LogP contribution >= 0.6 is 0 Å². The van der Waals surface area contributed by atoms with Gasteiger partial charge in [-0.05, 0) is 23.2 Å². The highest BCUT2D eigenvalue weighted by atomic mass is 16.5. The zero-order valence-corrected chi connectivity index (χ0v) is 11.6. The predicted molar refractivity (Wildman–Crippen MR) is 81.7 cm³/mol. The topological polar surface area (TPSA) is 67.5 Å². The molecule has 0 amide bonds. The maximum atomic E-state index is 9.10. The summed E-state index contributed by atoms with van der Waals surface area (Å²) in [4.78, 5) is 4.36. The van der Waals surface area contributed by atoms with Gasteiger partial charge in [0.25, 0.3) is 0 Å². The fraction of sp³-hybridized carbons (Fsp3) is 0.133. The molecule has 0 aliphatic heterocycles. The maximum Gasteiger partial charge on any atom is 0.488 e. The van der Waals surface area contributed by atoms with Gasteiger partial charge in [-0.3, -0.25) is 0 Å². The van der Waals surface area contributed by atoms with E-state index in [0.29, 0.717) is 12.0 Å². The molecule has 0 saturated carbocycles. The number of fused-ring (bicyclic) bond motifs is 1. The van der Waals surface area contributed by atoms with Crippen molar-refractivity contribution >= 4 is 23.6 Å². The van der Waals surface area contributed by atoms with Crippen LogP contribution in [0.3, 0.4) is 0 Å². The zero-order valence-electron chi connectivity index (χ0n) is 11.6. The second kappa shape index (κ2) is 5.59. The second-order valence-corrected chi connectivity index (χ2v) is 4.84. The summed E-state index contributed by atoms with van der Waals surface area (Å²) in [6, 6.07) is 12.9. The lowest BCUT2D eigenvalue weighted by Gasteiger charge is -2.07. The van der Waals surface area contributed by atoms with E-state index in [9.17, 15) is 0 Å². The molecule has 2 aromatic carbocycles. The Hall–Kier alpha value is -2.31. The van der Waals surface area contributed by atoms with Gasteiger partial charge < -0.3 is 19.4 Å². The zero-order chi connectivity index (χ0) is 14.8. The van der Waals surface area contributed by atoms with Crippen LogP contribution in [0.1, 0.15) is 5.56 Å². The van der Waals surface area contributed by atoms with Crippen LogP contribution in [0.2, 0.25) is 0 Å². The Labute approximate surface area is 122 Å². The number of benzene rings is 2. The second-order valence-electron chi connectivity index (χ2n) is 4.84. The molecule has 5 nitrogen and oxygen atoms in total. The Kier molecular flexibility index (Phi) is 3.64. The Morgan fingerprint density at radius 1 is 1.14 bits per heavy atom. The van der Waals surface area contributed by atoms with Gasteiger partial charge >= 0.3 is 7.12 Å². The molecule has 0 aliphatic carbocycles. The Morgan fingerprint density at radius 2 is 1.90 bits per heavy atom. The van der Waals surface area contributed by atoms with Gasteiger partial charge in [0, 0.05) is 12.6 Å². The van der Waals surface area contributed by atoms with Gasteiger partial charge in [-0.15, -0.1) is 0 Å². The van der Waals surface area contributed by atoms with Crippen molar-refractivity contribution in [3.05, 3.63) is 54.4 Å². The number of imidazole rings is 1. The molecule has 0 radical (unpaired) electrons. The summed E-state index contributed by atoms with van der Waals surface area (Å²) in [5, 5.41) is 18.2. The van der Waals surface area contributed by atoms with E-state index in [2.05, 4.69) is 4.98 Å². The van der Waals surface area contributed by atoms with Gasteiger partial charge in [0.1, 0.15) is 5.75 Å². The molecule has 6 heteroatoms. The fourth-order valence-corrected chi connectivity index (χ4v) is 2.28. The van der Waals surface area contributed by atoms with E-state index >= 15 is 0 Å². The molecule has 1 aromatic heterocycles. The number of hydrogen-bond donors (Lipinski definition) is 2. The van der Waals surface area contributed by atoms with Crippen LogP contribution < -0.4 is 10.2 Å². The molecule has 0 unspecified atom stereocenters. The predicted octanol–water partition coefficient (Wildman–Crippen LogP) is 0.773. The highest BCUT2D eigenvalue weighted by molar-refractivity contribution is 6.58. The van der Waals surface area contributed by atoms with Crippen LogP contribution in [-0.2, 0) is 6.54 Å². The van der Waals surface area contributed by atoms with E-state index in [-0.39, 0.29) is 0 Å². The first-order chi connectivity index (χ1) is 10.2. The van der Waals surface area contributed by atoms with Crippen LogP contribution in [-0.4, -0.2) is 33.8 Å². The monoisotopic (exact) mass is 282 g/mol. The molecular formula is C15H15BN2O3. The lowest BCUT2D eigenvalue weighted by atomic mass is 9.80. The van der Waals surface area contributed by atoms with E-state index < -0.39 is 7.12 Å². The number of aromatic nitrogens is 2. The van der Waals surface area contributed by atoms with E-state index in [1.807, 2.05) is 34.9 Å². The summed E-state index contributed by atoms with van der Waals surface area (Å²) in [5.74, 6) is 0.794. The molecule has 3 aromatic rings. The quantitative estimate of drug-likeness (QED) is 0.694. The standard InChI is InChI=1S/C15H15BN2O3/c1-21-13-6-7-14-15(8-13)18(10-17-14)9-11-2-4-12(5-3-11)16(19)20/h2-8,10,19-20H,9H2,1H3. The minimum absolute atomic E-state index is 0.482. The molecular weight excluding hydrogens is 267 g/mol. The number of ether oxygens (including phenoxy) is 1. The van der Waals surface area contributed by atoms with Crippen LogP contribution in [0.15, 0.2) is 48.8 Å². The molecule has 1 heterocycles. The third-order valence-electron chi connectivity index (χ3n) is 3.46. The molecule has 0 fully saturated rings. The van der Waals surface area contributed by atoms with E-state index in [1.54, 1.807) is 25.6 Å². The highest BCUT2D eigenvalue weighted by Gasteiger charge is 2.10. The number of nitrogens with zero attached hydrogens (tertiary/aromatic N) is 2. The third-order valence-corrected chi connectivity index (χ3v) is 3.46. The molecule has 0 bridgehead atoms. The molecule has 21 heavy (non-hydrogen) atoms. The Balaban J connectivity index is 1.90. The van der Waals surface area contributed by atoms with Crippen molar-refractivity contribution in [1.82, 2.24) is 9.55 Å². The maximum absolute atomic E-state index is 9.10. The number of rotatable bonds is 4. The largest absolute Gasteiger partial charge is 0.497 e. The SMILES string of the molecule is COc1ccc2ncn(Cc3ccc(B(O)O)cc3)c2c1. The van der Waals surface area contributed by atoms with Crippen molar-refractivity contribution in [2.24, 2.45) is 0 Å². The summed E-state index contributed by atoms with van der Waals surface area (Å²) in [5.41, 5.74) is 3.45. The van der Waals surface area contributed by atoms with E-state index in [4.69, 9.17) is 14.8 Å². The van der Waals surface area contributed by atoms with Gasteiger partial charge in [0.05, 0.1) is 24.5 Å². The fourth-order valence-electron chi connectivity index (χ4n) is 2.28. The number of methoxy groups -OCH3 is 1. The molecule has 2 N–H and O–H groups in total. The van der Waals surface area contributed by atoms with Gasteiger partial charge in [-0.25, -0.2) is 4.98 Å². The van der Waals surface area contributed by atoms with Crippen LogP contribution in [0.4, 0.5) is 0 Å². The van der Waals surface area contributed by atoms with Gasteiger partial charge in [0.2, 0.25) is 0 Å². The van der Waals surface area contributed by atoms with Crippen molar-refractivity contribution in [2.45, 2.75) is 6.54 Å². The molecule has 0 aliphatic rings. The Morgan fingerprint density at radius 3 is 2.57 bits per heavy atom. The highest BCUT2D eigenvalue weighted by Crippen LogP contribution is 2.20. The third kappa shape index (κ3) is 2.77. The van der Waals surface area contributed by atoms with Crippen LogP contribution in [0.5, 0.6) is 5.75 Å². The summed E-state index contributed by atoms with van der Waals surface area (Å²) < 4.78 is 7.27. The molecule has 0 saturated heterocycles. The van der Waals surface area contributed by atoms with Crippen LogP contribution in [0, 0.1) is 0 Å². The average molecular weight is 282 g/mol. The average Bonchev–Trinajstić information content (AvgIpc) is 2.90. The summed E-state index contributed by atoms with van der Waals surface area (Å²) in [7, 11) is 0.207. The molecule has 0 atom stereocenters.